The van der Waals surface area contributed by atoms with Gasteiger partial charge < -0.3 is 10.2 Å². The first-order chi connectivity index (χ1) is 10.3. The average molecular weight is 289 g/mol. The molecule has 1 aromatic rings. The van der Waals surface area contributed by atoms with Crippen molar-refractivity contribution in [2.24, 2.45) is 0 Å². The van der Waals surface area contributed by atoms with E-state index in [1.807, 2.05) is 18.2 Å². The molecule has 0 spiro atoms. The summed E-state index contributed by atoms with van der Waals surface area (Å²) in [6.07, 6.45) is 2.29. The molecule has 1 aliphatic rings. The van der Waals surface area contributed by atoms with Crippen LogP contribution in [0.4, 0.5) is 0 Å². The van der Waals surface area contributed by atoms with E-state index in [4.69, 9.17) is 0 Å². The second-order valence-electron chi connectivity index (χ2n) is 5.32. The Balaban J connectivity index is 1.57. The van der Waals surface area contributed by atoms with Gasteiger partial charge in [-0.15, -0.1) is 0 Å². The largest absolute Gasteiger partial charge is 0.356 e. The topological polar surface area (TPSA) is 52.7 Å². The molecule has 0 saturated carbocycles. The molecule has 0 unspecified atom stereocenters. The van der Waals surface area contributed by atoms with Gasteiger partial charge in [0.2, 0.25) is 12.3 Å². The average Bonchev–Trinajstić information content (AvgIpc) is 2.54. The fraction of sp³-hybridized carbons (Fsp3) is 0.500. The van der Waals surface area contributed by atoms with Gasteiger partial charge in [0.1, 0.15) is 0 Å². The second-order valence-corrected chi connectivity index (χ2v) is 5.32. The number of piperazine rings is 1. The predicted octanol–water partition coefficient (Wildman–Crippen LogP) is 0.509. The number of hydrogen-bond donors (Lipinski definition) is 1. The minimum absolute atomic E-state index is 0.101. The fourth-order valence-corrected chi connectivity index (χ4v) is 2.43. The number of carbonyl (C=O) groups excluding carboxylic acids is 2. The van der Waals surface area contributed by atoms with Gasteiger partial charge in [0.05, 0.1) is 0 Å². The van der Waals surface area contributed by atoms with Gasteiger partial charge in [0, 0.05) is 45.7 Å². The van der Waals surface area contributed by atoms with Gasteiger partial charge in [0.15, 0.2) is 0 Å². The molecule has 2 rings (SSSR count). The summed E-state index contributed by atoms with van der Waals surface area (Å²) in [6.45, 7) is 4.69. The molecule has 1 saturated heterocycles. The first kappa shape index (κ1) is 15.5. The van der Waals surface area contributed by atoms with E-state index in [9.17, 15) is 9.59 Å². The van der Waals surface area contributed by atoms with Crippen molar-refractivity contribution in [1.82, 2.24) is 15.1 Å². The summed E-state index contributed by atoms with van der Waals surface area (Å²) in [5.41, 5.74) is 1.24. The van der Waals surface area contributed by atoms with Crippen molar-refractivity contribution in [3.8, 4) is 0 Å². The second kappa shape index (κ2) is 8.42. The zero-order valence-corrected chi connectivity index (χ0v) is 12.3. The standard InChI is InChI=1S/C16H23N3O2/c20-14-19-12-10-18(11-13-19)9-7-16(21)17-8-6-15-4-2-1-3-5-15/h1-5,14H,6-13H2,(H,17,21). The number of amides is 2. The van der Waals surface area contributed by atoms with E-state index >= 15 is 0 Å². The molecule has 1 heterocycles. The molecule has 0 aliphatic carbocycles. The third-order valence-electron chi connectivity index (χ3n) is 3.79. The summed E-state index contributed by atoms with van der Waals surface area (Å²) in [5, 5.41) is 2.96. The van der Waals surface area contributed by atoms with Crippen molar-refractivity contribution in [3.63, 3.8) is 0 Å². The molecule has 1 N–H and O–H groups in total. The van der Waals surface area contributed by atoms with Crippen LogP contribution in [-0.4, -0.2) is 61.4 Å². The smallest absolute Gasteiger partial charge is 0.221 e. The number of nitrogens with one attached hydrogen (secondary N) is 1. The van der Waals surface area contributed by atoms with E-state index in [-0.39, 0.29) is 5.91 Å². The summed E-state index contributed by atoms with van der Waals surface area (Å²) < 4.78 is 0. The van der Waals surface area contributed by atoms with Gasteiger partial charge >= 0.3 is 0 Å². The highest BCUT2D eigenvalue weighted by molar-refractivity contribution is 5.76. The molecule has 5 nitrogen and oxygen atoms in total. The number of nitrogens with zero attached hydrogens (tertiary/aromatic N) is 2. The lowest BCUT2D eigenvalue weighted by Gasteiger charge is -2.32. The van der Waals surface area contributed by atoms with Crippen LogP contribution in [0.1, 0.15) is 12.0 Å². The molecule has 0 atom stereocenters. The summed E-state index contributed by atoms with van der Waals surface area (Å²) in [6, 6.07) is 10.1. The molecule has 21 heavy (non-hydrogen) atoms. The van der Waals surface area contributed by atoms with E-state index in [2.05, 4.69) is 22.3 Å². The Labute approximate surface area is 125 Å². The molecular weight excluding hydrogens is 266 g/mol. The Hall–Kier alpha value is -1.88. The van der Waals surface area contributed by atoms with Crippen LogP contribution in [-0.2, 0) is 16.0 Å². The van der Waals surface area contributed by atoms with Crippen LogP contribution in [0, 0.1) is 0 Å². The Kier molecular flexibility index (Phi) is 6.22. The van der Waals surface area contributed by atoms with Gasteiger partial charge in [-0.3, -0.25) is 14.5 Å². The number of hydrogen-bond acceptors (Lipinski definition) is 3. The maximum absolute atomic E-state index is 11.8. The van der Waals surface area contributed by atoms with E-state index in [0.717, 1.165) is 45.6 Å². The van der Waals surface area contributed by atoms with Gasteiger partial charge in [0.25, 0.3) is 0 Å². The minimum atomic E-state index is 0.101. The molecule has 1 aromatic carbocycles. The summed E-state index contributed by atoms with van der Waals surface area (Å²) in [4.78, 5) is 26.4. The van der Waals surface area contributed by atoms with Crippen molar-refractivity contribution >= 4 is 12.3 Å². The maximum Gasteiger partial charge on any atom is 0.221 e. The molecule has 0 aromatic heterocycles. The van der Waals surface area contributed by atoms with Crippen molar-refractivity contribution in [1.29, 1.82) is 0 Å². The van der Waals surface area contributed by atoms with Gasteiger partial charge in [-0.25, -0.2) is 0 Å². The molecule has 0 radical (unpaired) electrons. The Morgan fingerprint density at radius 2 is 1.86 bits per heavy atom. The zero-order chi connectivity index (χ0) is 14.9. The van der Waals surface area contributed by atoms with Crippen molar-refractivity contribution in [2.45, 2.75) is 12.8 Å². The molecule has 5 heteroatoms. The minimum Gasteiger partial charge on any atom is -0.356 e. The normalized spacial score (nSPS) is 15.7. The Bertz CT molecular complexity index is 442. The maximum atomic E-state index is 11.8. The molecule has 1 fully saturated rings. The van der Waals surface area contributed by atoms with Crippen LogP contribution < -0.4 is 5.32 Å². The molecule has 0 bridgehead atoms. The van der Waals surface area contributed by atoms with E-state index in [1.165, 1.54) is 5.56 Å². The van der Waals surface area contributed by atoms with Crippen LogP contribution in [0.5, 0.6) is 0 Å². The Morgan fingerprint density at radius 3 is 2.52 bits per heavy atom. The van der Waals surface area contributed by atoms with Crippen molar-refractivity contribution in [2.75, 3.05) is 39.3 Å². The fourth-order valence-electron chi connectivity index (χ4n) is 2.43. The number of rotatable bonds is 7. The molecular formula is C16H23N3O2. The first-order valence-electron chi connectivity index (χ1n) is 7.50. The summed E-state index contributed by atoms with van der Waals surface area (Å²) in [5.74, 6) is 0.101. The van der Waals surface area contributed by atoms with Crippen LogP contribution in [0.3, 0.4) is 0 Å². The highest BCUT2D eigenvalue weighted by atomic mass is 16.1. The lowest BCUT2D eigenvalue weighted by Crippen LogP contribution is -2.46. The SMILES string of the molecule is O=CN1CCN(CCC(=O)NCCc2ccccc2)CC1. The third-order valence-corrected chi connectivity index (χ3v) is 3.79. The predicted molar refractivity (Wildman–Crippen MR) is 81.8 cm³/mol. The first-order valence-corrected chi connectivity index (χ1v) is 7.50. The van der Waals surface area contributed by atoms with Gasteiger partial charge in [-0.05, 0) is 12.0 Å². The quantitative estimate of drug-likeness (QED) is 0.744. The number of carbonyl (C=O) groups is 2. The van der Waals surface area contributed by atoms with Crippen LogP contribution >= 0.6 is 0 Å². The van der Waals surface area contributed by atoms with Crippen LogP contribution in [0.2, 0.25) is 0 Å². The van der Waals surface area contributed by atoms with Crippen LogP contribution in [0.15, 0.2) is 30.3 Å². The van der Waals surface area contributed by atoms with E-state index < -0.39 is 0 Å². The Morgan fingerprint density at radius 1 is 1.14 bits per heavy atom. The lowest BCUT2D eigenvalue weighted by atomic mass is 10.1. The molecule has 1 aliphatic heterocycles. The monoisotopic (exact) mass is 289 g/mol. The van der Waals surface area contributed by atoms with Gasteiger partial charge in [-0.2, -0.15) is 0 Å². The highest BCUT2D eigenvalue weighted by Crippen LogP contribution is 2.01. The van der Waals surface area contributed by atoms with E-state index in [0.29, 0.717) is 13.0 Å². The molecule has 114 valence electrons. The van der Waals surface area contributed by atoms with Crippen molar-refractivity contribution in [3.05, 3.63) is 35.9 Å². The highest BCUT2D eigenvalue weighted by Gasteiger charge is 2.15. The molecule has 2 amide bonds. The van der Waals surface area contributed by atoms with Crippen LogP contribution in [0.25, 0.3) is 0 Å². The zero-order valence-electron chi connectivity index (χ0n) is 12.3. The summed E-state index contributed by atoms with van der Waals surface area (Å²) in [7, 11) is 0. The number of benzene rings is 1. The summed E-state index contributed by atoms with van der Waals surface area (Å²) >= 11 is 0. The third kappa shape index (κ3) is 5.55. The van der Waals surface area contributed by atoms with Gasteiger partial charge in [-0.1, -0.05) is 30.3 Å². The lowest BCUT2D eigenvalue weighted by molar-refractivity contribution is -0.122. The van der Waals surface area contributed by atoms with Crippen molar-refractivity contribution < 1.29 is 9.59 Å². The van der Waals surface area contributed by atoms with E-state index in [1.54, 1.807) is 4.90 Å².